The Morgan fingerprint density at radius 2 is 1.24 bits per heavy atom. The predicted molar refractivity (Wildman–Crippen MR) is 193 cm³/mol. The molecule has 8 rings (SSSR count). The number of carbonyl (C=O) groups is 2. The maximum Gasteiger partial charge on any atom is 0.338 e. The van der Waals surface area contributed by atoms with Crippen molar-refractivity contribution in [3.63, 3.8) is 0 Å². The summed E-state index contributed by atoms with van der Waals surface area (Å²) in [6.45, 7) is 7.35. The van der Waals surface area contributed by atoms with Crippen molar-refractivity contribution in [2.24, 2.45) is 0 Å². The molecule has 0 aromatic heterocycles. The summed E-state index contributed by atoms with van der Waals surface area (Å²) in [5, 5.41) is 9.26. The minimum atomic E-state index is -0.950. The van der Waals surface area contributed by atoms with Gasteiger partial charge in [0.15, 0.2) is 5.60 Å². The highest BCUT2D eigenvalue weighted by Gasteiger charge is 2.39. The lowest BCUT2D eigenvalue weighted by atomic mass is 9.88. The largest absolute Gasteiger partial charge is 0.464 e. The van der Waals surface area contributed by atoms with E-state index in [0.29, 0.717) is 39.1 Å². The lowest BCUT2D eigenvalue weighted by Gasteiger charge is -2.31. The Labute approximate surface area is 285 Å². The van der Waals surface area contributed by atoms with Crippen LogP contribution in [-0.4, -0.2) is 30.4 Å². The minimum Gasteiger partial charge on any atom is -0.464 e. The fourth-order valence-electron chi connectivity index (χ4n) is 7.80. The van der Waals surface area contributed by atoms with Crippen LogP contribution in [0.1, 0.15) is 61.3 Å². The molecule has 2 atom stereocenters. The number of fused-ring (bicyclic) bond motifs is 4. The molecule has 2 aliphatic rings. The van der Waals surface area contributed by atoms with E-state index in [1.54, 1.807) is 0 Å². The number of benzene rings is 6. The van der Waals surface area contributed by atoms with Gasteiger partial charge < -0.3 is 18.9 Å². The van der Waals surface area contributed by atoms with Crippen molar-refractivity contribution < 1.29 is 28.5 Å². The quantitative estimate of drug-likeness (QED) is 0.126. The Hall–Kier alpha value is -4.78. The van der Waals surface area contributed by atoms with E-state index in [-0.39, 0.29) is 11.9 Å². The summed E-state index contributed by atoms with van der Waals surface area (Å²) in [4.78, 5) is 24.6. The van der Waals surface area contributed by atoms with E-state index in [9.17, 15) is 9.59 Å². The molecule has 0 spiro atoms. The Kier molecular flexibility index (Phi) is 8.09. The summed E-state index contributed by atoms with van der Waals surface area (Å²) in [7, 11) is 0. The Morgan fingerprint density at radius 3 is 1.82 bits per heavy atom. The average molecular weight is 653 g/mol. The summed E-state index contributed by atoms with van der Waals surface area (Å²) in [5.74, 6) is -0.478. The molecule has 2 aliphatic heterocycles. The first-order valence-electron chi connectivity index (χ1n) is 17.3. The number of cyclic esters (lactones) is 2. The topological polar surface area (TPSA) is 71.1 Å². The first-order chi connectivity index (χ1) is 23.8. The standard InChI is InChI=1S/C43H40O6/c1-26-30-10-4-6-12-32(30)38(24-47-41-15-8-14-40(44)49-41)34-18-16-28(22-36(26)34)29-17-19-35-37(23-29)27(2)31-11-5-7-13-33(31)39(35)25-48-43(3)20-9-21-46-42(43)45/h4-7,10-13,16-19,22-23,41H,8-9,14-15,20-21,24-25H2,1-3H3. The third-order valence-electron chi connectivity index (χ3n) is 10.6. The van der Waals surface area contributed by atoms with Crippen molar-refractivity contribution in [1.29, 1.82) is 0 Å². The van der Waals surface area contributed by atoms with Gasteiger partial charge in [-0.2, -0.15) is 0 Å². The van der Waals surface area contributed by atoms with Crippen LogP contribution in [0.3, 0.4) is 0 Å². The molecule has 0 radical (unpaired) electrons. The van der Waals surface area contributed by atoms with Gasteiger partial charge in [0.1, 0.15) is 0 Å². The van der Waals surface area contributed by atoms with Gasteiger partial charge in [0.25, 0.3) is 0 Å². The maximum atomic E-state index is 12.7. The zero-order valence-electron chi connectivity index (χ0n) is 28.3. The molecule has 2 heterocycles. The van der Waals surface area contributed by atoms with Crippen LogP contribution < -0.4 is 0 Å². The summed E-state index contributed by atoms with van der Waals surface area (Å²) < 4.78 is 23.5. The van der Waals surface area contributed by atoms with E-state index in [2.05, 4.69) is 98.8 Å². The van der Waals surface area contributed by atoms with Crippen molar-refractivity contribution in [1.82, 2.24) is 0 Å². The van der Waals surface area contributed by atoms with E-state index in [1.807, 2.05) is 6.92 Å². The number of esters is 2. The lowest BCUT2D eigenvalue weighted by Crippen LogP contribution is -2.43. The van der Waals surface area contributed by atoms with E-state index in [1.165, 1.54) is 27.3 Å². The number of carbonyl (C=O) groups excluding carboxylic acids is 2. The van der Waals surface area contributed by atoms with Crippen LogP contribution in [0.2, 0.25) is 0 Å². The zero-order chi connectivity index (χ0) is 33.7. The number of aryl methyl sites for hydroxylation is 2. The normalized spacial score (nSPS) is 19.9. The van der Waals surface area contributed by atoms with Gasteiger partial charge in [-0.1, -0.05) is 72.8 Å². The number of ether oxygens (including phenoxy) is 4. The highest BCUT2D eigenvalue weighted by atomic mass is 16.7. The van der Waals surface area contributed by atoms with Crippen LogP contribution in [0.5, 0.6) is 0 Å². The molecule has 0 amide bonds. The molecule has 6 aromatic rings. The first-order valence-corrected chi connectivity index (χ1v) is 17.3. The molecule has 6 nitrogen and oxygen atoms in total. The summed E-state index contributed by atoms with van der Waals surface area (Å²) in [6.07, 6.45) is 2.89. The molecule has 6 heteroatoms. The second kappa shape index (κ2) is 12.6. The van der Waals surface area contributed by atoms with Gasteiger partial charge in [0.05, 0.1) is 19.8 Å². The molecule has 6 aromatic carbocycles. The van der Waals surface area contributed by atoms with Crippen molar-refractivity contribution in [3.05, 3.63) is 107 Å². The first kappa shape index (κ1) is 31.5. The molecule has 248 valence electrons. The van der Waals surface area contributed by atoms with Crippen molar-refractivity contribution in [2.75, 3.05) is 6.61 Å². The second-order valence-corrected chi connectivity index (χ2v) is 13.7. The van der Waals surface area contributed by atoms with Gasteiger partial charge >= 0.3 is 11.9 Å². The molecule has 2 unspecified atom stereocenters. The molecular weight excluding hydrogens is 612 g/mol. The van der Waals surface area contributed by atoms with E-state index in [4.69, 9.17) is 18.9 Å². The number of rotatable bonds is 7. The van der Waals surface area contributed by atoms with Crippen molar-refractivity contribution in [2.45, 2.75) is 78.0 Å². The highest BCUT2D eigenvalue weighted by molar-refractivity contribution is 6.09. The molecule has 49 heavy (non-hydrogen) atoms. The van der Waals surface area contributed by atoms with Crippen LogP contribution >= 0.6 is 0 Å². The summed E-state index contributed by atoms with van der Waals surface area (Å²) >= 11 is 0. The smallest absolute Gasteiger partial charge is 0.338 e. The third-order valence-corrected chi connectivity index (χ3v) is 10.6. The number of hydrogen-bond acceptors (Lipinski definition) is 6. The van der Waals surface area contributed by atoms with E-state index < -0.39 is 11.9 Å². The fourth-order valence-corrected chi connectivity index (χ4v) is 7.80. The minimum absolute atomic E-state index is 0.194. The summed E-state index contributed by atoms with van der Waals surface area (Å²) in [6, 6.07) is 30.3. The highest BCUT2D eigenvalue weighted by Crippen LogP contribution is 2.39. The molecule has 0 saturated carbocycles. The molecule has 0 aliphatic carbocycles. The maximum absolute atomic E-state index is 12.7. The lowest BCUT2D eigenvalue weighted by molar-refractivity contribution is -0.191. The van der Waals surface area contributed by atoms with Gasteiger partial charge in [-0.05, 0) is 129 Å². The van der Waals surface area contributed by atoms with Crippen LogP contribution in [0.15, 0.2) is 84.9 Å². The molecule has 0 bridgehead atoms. The predicted octanol–water partition coefficient (Wildman–Crippen LogP) is 9.77. The molecule has 2 fully saturated rings. The van der Waals surface area contributed by atoms with Crippen LogP contribution in [0, 0.1) is 13.8 Å². The van der Waals surface area contributed by atoms with Gasteiger partial charge in [0, 0.05) is 12.8 Å². The SMILES string of the molecule is Cc1c2ccccc2c(COC2CCCC(=O)O2)c2ccc(-c3ccc4c(COC5(C)CCCOC5=O)c5ccccc5c(C)c4c3)cc12. The van der Waals surface area contributed by atoms with Crippen molar-refractivity contribution in [3.8, 4) is 11.1 Å². The fraction of sp³-hybridized carbons (Fsp3) is 0.302. The van der Waals surface area contributed by atoms with Crippen molar-refractivity contribution >= 4 is 55.0 Å². The second-order valence-electron chi connectivity index (χ2n) is 13.7. The average Bonchev–Trinajstić information content (AvgIpc) is 3.13. The Balaban J connectivity index is 1.21. The van der Waals surface area contributed by atoms with Gasteiger partial charge in [0.2, 0.25) is 6.29 Å². The molecule has 0 N–H and O–H groups in total. The Bertz CT molecular complexity index is 2290. The third kappa shape index (κ3) is 5.63. The Morgan fingerprint density at radius 1 is 0.694 bits per heavy atom. The van der Waals surface area contributed by atoms with Gasteiger partial charge in [-0.15, -0.1) is 0 Å². The van der Waals surface area contributed by atoms with Gasteiger partial charge in [-0.3, -0.25) is 4.79 Å². The summed E-state index contributed by atoms with van der Waals surface area (Å²) in [5.41, 5.74) is 5.92. The monoisotopic (exact) mass is 652 g/mol. The number of hydrogen-bond donors (Lipinski definition) is 0. The van der Waals surface area contributed by atoms with Gasteiger partial charge in [-0.25, -0.2) is 4.79 Å². The molecule has 2 saturated heterocycles. The van der Waals surface area contributed by atoms with Crippen LogP contribution in [-0.2, 0) is 41.8 Å². The van der Waals surface area contributed by atoms with E-state index >= 15 is 0 Å². The zero-order valence-corrected chi connectivity index (χ0v) is 28.3. The van der Waals surface area contributed by atoms with E-state index in [0.717, 1.165) is 62.0 Å². The van der Waals surface area contributed by atoms with Crippen LogP contribution in [0.4, 0.5) is 0 Å². The van der Waals surface area contributed by atoms with Crippen LogP contribution in [0.25, 0.3) is 54.2 Å². The molecular formula is C43H40O6.